The molecule has 118 valence electrons. The van der Waals surface area contributed by atoms with Gasteiger partial charge in [0.05, 0.1) is 11.7 Å². The smallest absolute Gasteiger partial charge is 0.124 e. The molecule has 0 bridgehead atoms. The predicted octanol–water partition coefficient (Wildman–Crippen LogP) is 3.83. The number of ether oxygens (including phenoxy) is 2. The van der Waals surface area contributed by atoms with E-state index < -0.39 is 0 Å². The lowest BCUT2D eigenvalue weighted by molar-refractivity contribution is -0.0328. The first-order valence-corrected chi connectivity index (χ1v) is 7.75. The number of rotatable bonds is 6. The third-order valence-corrected chi connectivity index (χ3v) is 3.93. The van der Waals surface area contributed by atoms with Gasteiger partial charge in [0.15, 0.2) is 0 Å². The number of hydrogen-bond donors (Lipinski definition) is 1. The van der Waals surface area contributed by atoms with Crippen LogP contribution >= 0.6 is 0 Å². The number of halogens is 1. The van der Waals surface area contributed by atoms with Gasteiger partial charge in [0.25, 0.3) is 0 Å². The molecular formula is C17H26FNO2. The molecule has 3 nitrogen and oxygen atoms in total. The van der Waals surface area contributed by atoms with E-state index >= 15 is 0 Å². The van der Waals surface area contributed by atoms with Crippen molar-refractivity contribution in [2.75, 3.05) is 13.2 Å². The summed E-state index contributed by atoms with van der Waals surface area (Å²) in [6.07, 6.45) is 2.17. The van der Waals surface area contributed by atoms with Crippen LogP contribution in [0.3, 0.4) is 0 Å². The van der Waals surface area contributed by atoms with Crippen molar-refractivity contribution in [3.05, 3.63) is 29.6 Å². The highest BCUT2D eigenvalue weighted by atomic mass is 19.1. The van der Waals surface area contributed by atoms with E-state index in [1.807, 2.05) is 13.8 Å². The summed E-state index contributed by atoms with van der Waals surface area (Å²) in [6.45, 7) is 9.59. The maximum absolute atomic E-state index is 13.5. The molecular weight excluding hydrogens is 269 g/mol. The molecule has 0 aliphatic carbocycles. The maximum Gasteiger partial charge on any atom is 0.124 e. The van der Waals surface area contributed by atoms with Crippen LogP contribution in [0.5, 0.6) is 5.75 Å². The second-order valence-electron chi connectivity index (χ2n) is 6.31. The summed E-state index contributed by atoms with van der Waals surface area (Å²) < 4.78 is 25.3. The van der Waals surface area contributed by atoms with E-state index in [0.29, 0.717) is 6.61 Å². The summed E-state index contributed by atoms with van der Waals surface area (Å²) in [7, 11) is 0. The summed E-state index contributed by atoms with van der Waals surface area (Å²) in [5.74, 6) is 0.499. The van der Waals surface area contributed by atoms with Crippen molar-refractivity contribution in [1.82, 2.24) is 5.32 Å². The number of benzene rings is 1. The Balaban J connectivity index is 2.02. The zero-order chi connectivity index (χ0) is 15.5. The van der Waals surface area contributed by atoms with Crippen LogP contribution in [0.15, 0.2) is 18.2 Å². The van der Waals surface area contributed by atoms with Gasteiger partial charge in [-0.05, 0) is 58.4 Å². The molecule has 1 aromatic rings. The molecule has 0 saturated carbocycles. The zero-order valence-corrected chi connectivity index (χ0v) is 13.4. The van der Waals surface area contributed by atoms with Crippen LogP contribution in [0.1, 0.15) is 52.1 Å². The summed E-state index contributed by atoms with van der Waals surface area (Å²) in [6, 6.07) is 4.75. The van der Waals surface area contributed by atoms with Gasteiger partial charge in [0, 0.05) is 11.6 Å². The standard InChI is InChI=1S/C17H26FNO2/c1-5-19-12(2)15-10-13(18)6-7-16(15)20-11-14-8-9-17(3,4)21-14/h6-7,10,12,14,19H,5,8-9,11H2,1-4H3. The molecule has 1 aromatic carbocycles. The highest BCUT2D eigenvalue weighted by Gasteiger charge is 2.32. The molecule has 21 heavy (non-hydrogen) atoms. The Morgan fingerprint density at radius 2 is 2.24 bits per heavy atom. The van der Waals surface area contributed by atoms with E-state index in [2.05, 4.69) is 19.2 Å². The summed E-state index contributed by atoms with van der Waals surface area (Å²) in [4.78, 5) is 0. The molecule has 1 saturated heterocycles. The van der Waals surface area contributed by atoms with Gasteiger partial charge < -0.3 is 14.8 Å². The van der Waals surface area contributed by atoms with E-state index in [9.17, 15) is 4.39 Å². The predicted molar refractivity (Wildman–Crippen MR) is 82.2 cm³/mol. The second kappa shape index (κ2) is 6.75. The SMILES string of the molecule is CCNC(C)c1cc(F)ccc1OCC1CCC(C)(C)O1. The molecule has 0 radical (unpaired) electrons. The Hall–Kier alpha value is -1.13. The fraction of sp³-hybridized carbons (Fsp3) is 0.647. The molecule has 4 heteroatoms. The van der Waals surface area contributed by atoms with Gasteiger partial charge in [0.2, 0.25) is 0 Å². The van der Waals surface area contributed by atoms with Crippen molar-refractivity contribution < 1.29 is 13.9 Å². The first-order chi connectivity index (χ1) is 9.91. The van der Waals surface area contributed by atoms with E-state index in [1.165, 1.54) is 6.07 Å². The van der Waals surface area contributed by atoms with E-state index in [4.69, 9.17) is 9.47 Å². The van der Waals surface area contributed by atoms with Crippen molar-refractivity contribution in [3.63, 3.8) is 0 Å². The molecule has 1 N–H and O–H groups in total. The molecule has 2 atom stereocenters. The Bertz CT molecular complexity index is 476. The minimum absolute atomic E-state index is 0.0571. The summed E-state index contributed by atoms with van der Waals surface area (Å²) >= 11 is 0. The third-order valence-electron chi connectivity index (χ3n) is 3.93. The van der Waals surface area contributed by atoms with Crippen LogP contribution in [0.4, 0.5) is 4.39 Å². The highest BCUT2D eigenvalue weighted by Crippen LogP contribution is 2.31. The minimum Gasteiger partial charge on any atom is -0.491 e. The first kappa shape index (κ1) is 16.2. The largest absolute Gasteiger partial charge is 0.491 e. The van der Waals surface area contributed by atoms with Gasteiger partial charge in [-0.1, -0.05) is 6.92 Å². The molecule has 1 fully saturated rings. The average Bonchev–Trinajstić information content (AvgIpc) is 2.77. The van der Waals surface area contributed by atoms with Crippen LogP contribution < -0.4 is 10.1 Å². The van der Waals surface area contributed by atoms with Crippen molar-refractivity contribution in [1.29, 1.82) is 0 Å². The van der Waals surface area contributed by atoms with Crippen molar-refractivity contribution in [3.8, 4) is 5.75 Å². The Morgan fingerprint density at radius 3 is 2.86 bits per heavy atom. The molecule has 0 aromatic heterocycles. The van der Waals surface area contributed by atoms with Gasteiger partial charge >= 0.3 is 0 Å². The van der Waals surface area contributed by atoms with Crippen molar-refractivity contribution in [2.24, 2.45) is 0 Å². The summed E-state index contributed by atoms with van der Waals surface area (Å²) in [5.41, 5.74) is 0.797. The normalized spacial score (nSPS) is 22.2. The van der Waals surface area contributed by atoms with E-state index in [0.717, 1.165) is 30.7 Å². The van der Waals surface area contributed by atoms with Gasteiger partial charge in [-0.25, -0.2) is 4.39 Å². The summed E-state index contributed by atoms with van der Waals surface area (Å²) in [5, 5.41) is 3.29. The second-order valence-corrected chi connectivity index (χ2v) is 6.31. The molecule has 1 aliphatic rings. The van der Waals surface area contributed by atoms with Crippen LogP contribution in [0, 0.1) is 5.82 Å². The van der Waals surface area contributed by atoms with Crippen LogP contribution in [-0.4, -0.2) is 24.9 Å². The van der Waals surface area contributed by atoms with E-state index in [-0.39, 0.29) is 23.6 Å². The highest BCUT2D eigenvalue weighted by molar-refractivity contribution is 5.36. The lowest BCUT2D eigenvalue weighted by atomic mass is 10.1. The van der Waals surface area contributed by atoms with Gasteiger partial charge in [0.1, 0.15) is 18.2 Å². The Labute approximate surface area is 126 Å². The maximum atomic E-state index is 13.5. The molecule has 1 heterocycles. The zero-order valence-electron chi connectivity index (χ0n) is 13.4. The Morgan fingerprint density at radius 1 is 1.48 bits per heavy atom. The number of hydrogen-bond acceptors (Lipinski definition) is 3. The third kappa shape index (κ3) is 4.42. The minimum atomic E-state index is -0.236. The Kier molecular flexibility index (Phi) is 5.22. The monoisotopic (exact) mass is 295 g/mol. The molecule has 0 amide bonds. The number of nitrogens with one attached hydrogen (secondary N) is 1. The fourth-order valence-corrected chi connectivity index (χ4v) is 2.78. The average molecular weight is 295 g/mol. The van der Waals surface area contributed by atoms with Gasteiger partial charge in [-0.2, -0.15) is 0 Å². The molecule has 2 unspecified atom stereocenters. The quantitative estimate of drug-likeness (QED) is 0.865. The molecule has 2 rings (SSSR count). The van der Waals surface area contributed by atoms with Crippen LogP contribution in [0.2, 0.25) is 0 Å². The lowest BCUT2D eigenvalue weighted by Gasteiger charge is -2.21. The van der Waals surface area contributed by atoms with E-state index in [1.54, 1.807) is 12.1 Å². The molecule has 1 aliphatic heterocycles. The van der Waals surface area contributed by atoms with Crippen molar-refractivity contribution >= 4 is 0 Å². The van der Waals surface area contributed by atoms with Crippen molar-refractivity contribution in [2.45, 2.75) is 58.3 Å². The topological polar surface area (TPSA) is 30.5 Å². The van der Waals surface area contributed by atoms with Crippen LogP contribution in [0.25, 0.3) is 0 Å². The first-order valence-electron chi connectivity index (χ1n) is 7.75. The fourth-order valence-electron chi connectivity index (χ4n) is 2.78. The van der Waals surface area contributed by atoms with Gasteiger partial charge in [-0.15, -0.1) is 0 Å². The molecule has 0 spiro atoms. The lowest BCUT2D eigenvalue weighted by Crippen LogP contribution is -2.24. The van der Waals surface area contributed by atoms with Gasteiger partial charge in [-0.3, -0.25) is 0 Å². The van der Waals surface area contributed by atoms with Crippen LogP contribution in [-0.2, 0) is 4.74 Å².